The van der Waals surface area contributed by atoms with E-state index in [-0.39, 0.29) is 11.6 Å². The number of nitrogens with one attached hydrogen (secondary N) is 1. The molecule has 2 aromatic rings. The highest BCUT2D eigenvalue weighted by molar-refractivity contribution is 6.31. The van der Waals surface area contributed by atoms with Crippen molar-refractivity contribution in [3.63, 3.8) is 0 Å². The Bertz CT molecular complexity index is 649. The summed E-state index contributed by atoms with van der Waals surface area (Å²) in [5, 5.41) is 12.1. The molecule has 19 heavy (non-hydrogen) atoms. The highest BCUT2D eigenvalue weighted by Crippen LogP contribution is 2.14. The summed E-state index contributed by atoms with van der Waals surface area (Å²) in [6.45, 7) is 0.336. The molecule has 1 amide bonds. The predicted molar refractivity (Wildman–Crippen MR) is 71.6 cm³/mol. The van der Waals surface area contributed by atoms with E-state index in [1.807, 2.05) is 24.3 Å². The van der Waals surface area contributed by atoms with Crippen LogP contribution in [-0.4, -0.2) is 10.9 Å². The topological polar surface area (TPSA) is 65.8 Å². The van der Waals surface area contributed by atoms with E-state index in [4.69, 9.17) is 16.9 Å². The fourth-order valence-electron chi connectivity index (χ4n) is 1.55. The molecule has 1 aromatic heterocycles. The lowest BCUT2D eigenvalue weighted by molar-refractivity contribution is 0.0951. The molecule has 1 aromatic carbocycles. The molecule has 0 radical (unpaired) electrons. The third-order valence-corrected chi connectivity index (χ3v) is 2.90. The van der Waals surface area contributed by atoms with Crippen LogP contribution in [0.1, 0.15) is 21.6 Å². The van der Waals surface area contributed by atoms with Gasteiger partial charge in [-0.15, -0.1) is 0 Å². The number of hydrogen-bond acceptors (Lipinski definition) is 3. The van der Waals surface area contributed by atoms with Crippen molar-refractivity contribution in [2.75, 3.05) is 0 Å². The van der Waals surface area contributed by atoms with E-state index in [1.165, 1.54) is 12.3 Å². The maximum absolute atomic E-state index is 11.9. The van der Waals surface area contributed by atoms with Crippen LogP contribution in [0.2, 0.25) is 5.02 Å². The average molecular weight is 272 g/mol. The van der Waals surface area contributed by atoms with Crippen molar-refractivity contribution < 1.29 is 4.79 Å². The first kappa shape index (κ1) is 13.1. The monoisotopic (exact) mass is 271 g/mol. The number of aromatic nitrogens is 1. The molecule has 94 valence electrons. The van der Waals surface area contributed by atoms with E-state index in [9.17, 15) is 4.79 Å². The van der Waals surface area contributed by atoms with Crippen LogP contribution in [-0.2, 0) is 6.54 Å². The van der Waals surface area contributed by atoms with Crippen molar-refractivity contribution in [1.29, 1.82) is 5.26 Å². The number of nitrogens with zero attached hydrogens (tertiary/aromatic N) is 2. The number of carbonyl (C=O) groups excluding carboxylic acids is 1. The summed E-state index contributed by atoms with van der Waals surface area (Å²) >= 11 is 6.00. The molecule has 0 spiro atoms. The van der Waals surface area contributed by atoms with Gasteiger partial charge in [-0.05, 0) is 23.8 Å². The third-order valence-electron chi connectivity index (χ3n) is 2.53. The minimum absolute atomic E-state index is 0.213. The van der Waals surface area contributed by atoms with Crippen LogP contribution in [0, 0.1) is 11.3 Å². The van der Waals surface area contributed by atoms with Crippen molar-refractivity contribution in [3.8, 4) is 6.07 Å². The van der Waals surface area contributed by atoms with Crippen molar-refractivity contribution >= 4 is 17.5 Å². The van der Waals surface area contributed by atoms with Gasteiger partial charge < -0.3 is 5.32 Å². The molecule has 1 heterocycles. The Kier molecular flexibility index (Phi) is 4.11. The number of pyridine rings is 1. The Labute approximate surface area is 115 Å². The van der Waals surface area contributed by atoms with Gasteiger partial charge in [0.1, 0.15) is 11.8 Å². The van der Waals surface area contributed by atoms with Gasteiger partial charge in [0, 0.05) is 23.3 Å². The average Bonchev–Trinajstić information content (AvgIpc) is 2.46. The molecule has 4 nitrogen and oxygen atoms in total. The van der Waals surface area contributed by atoms with Gasteiger partial charge in [-0.3, -0.25) is 4.79 Å². The van der Waals surface area contributed by atoms with E-state index in [1.54, 1.807) is 12.1 Å². The largest absolute Gasteiger partial charge is 0.348 e. The number of nitriles is 1. The van der Waals surface area contributed by atoms with E-state index >= 15 is 0 Å². The number of carbonyl (C=O) groups is 1. The number of benzene rings is 1. The molecule has 1 N–H and O–H groups in total. The van der Waals surface area contributed by atoms with Crippen LogP contribution in [0.15, 0.2) is 42.6 Å². The van der Waals surface area contributed by atoms with E-state index in [2.05, 4.69) is 10.3 Å². The molecule has 0 aliphatic rings. The molecule has 0 saturated heterocycles. The molecule has 0 unspecified atom stereocenters. The van der Waals surface area contributed by atoms with Gasteiger partial charge in [-0.2, -0.15) is 5.26 Å². The van der Waals surface area contributed by atoms with Crippen molar-refractivity contribution in [2.45, 2.75) is 6.54 Å². The molecule has 5 heteroatoms. The first-order chi connectivity index (χ1) is 9.20. The zero-order chi connectivity index (χ0) is 13.7. The molecule has 0 atom stereocenters. The van der Waals surface area contributed by atoms with Crippen LogP contribution in [0.25, 0.3) is 0 Å². The second-order valence-electron chi connectivity index (χ2n) is 3.82. The molecule has 0 saturated carbocycles. The third kappa shape index (κ3) is 3.30. The van der Waals surface area contributed by atoms with E-state index in [0.717, 1.165) is 5.56 Å². The molecule has 0 fully saturated rings. The van der Waals surface area contributed by atoms with Gasteiger partial charge in [0.25, 0.3) is 5.91 Å². The van der Waals surface area contributed by atoms with Gasteiger partial charge in [0.2, 0.25) is 0 Å². The fraction of sp³-hybridized carbons (Fsp3) is 0.0714. The fourth-order valence-corrected chi connectivity index (χ4v) is 1.75. The zero-order valence-electron chi connectivity index (χ0n) is 9.93. The minimum atomic E-state index is -0.265. The molecular formula is C14H10ClN3O. The summed E-state index contributed by atoms with van der Waals surface area (Å²) in [5.41, 5.74) is 1.45. The van der Waals surface area contributed by atoms with Gasteiger partial charge >= 0.3 is 0 Å². The van der Waals surface area contributed by atoms with Crippen molar-refractivity contribution in [2.24, 2.45) is 0 Å². The number of amides is 1. The van der Waals surface area contributed by atoms with Crippen LogP contribution in [0.3, 0.4) is 0 Å². The Morgan fingerprint density at radius 3 is 2.89 bits per heavy atom. The Hall–Kier alpha value is -2.38. The predicted octanol–water partition coefficient (Wildman–Crippen LogP) is 2.54. The van der Waals surface area contributed by atoms with Crippen LogP contribution < -0.4 is 5.32 Å². The van der Waals surface area contributed by atoms with Crippen molar-refractivity contribution in [3.05, 3.63) is 64.4 Å². The Balaban J connectivity index is 2.06. The summed E-state index contributed by atoms with van der Waals surface area (Å²) < 4.78 is 0. The van der Waals surface area contributed by atoms with E-state index in [0.29, 0.717) is 17.1 Å². The second-order valence-corrected chi connectivity index (χ2v) is 4.22. The highest BCUT2D eigenvalue weighted by atomic mass is 35.5. The van der Waals surface area contributed by atoms with Crippen molar-refractivity contribution in [1.82, 2.24) is 10.3 Å². The molecule has 2 rings (SSSR count). The summed E-state index contributed by atoms with van der Waals surface area (Å²) in [5.74, 6) is -0.265. The zero-order valence-corrected chi connectivity index (χ0v) is 10.7. The van der Waals surface area contributed by atoms with Gasteiger partial charge in [-0.1, -0.05) is 29.8 Å². The Morgan fingerprint density at radius 1 is 1.37 bits per heavy atom. The maximum Gasteiger partial charge on any atom is 0.251 e. The lowest BCUT2D eigenvalue weighted by atomic mass is 10.2. The summed E-state index contributed by atoms with van der Waals surface area (Å²) in [7, 11) is 0. The molecular weight excluding hydrogens is 262 g/mol. The Morgan fingerprint density at radius 2 is 2.16 bits per heavy atom. The smallest absolute Gasteiger partial charge is 0.251 e. The number of hydrogen-bond donors (Lipinski definition) is 1. The lowest BCUT2D eigenvalue weighted by Gasteiger charge is -2.06. The second kappa shape index (κ2) is 5.98. The standard InChI is InChI=1S/C14H10ClN3O/c15-13-4-2-1-3-11(13)9-18-14(19)10-5-6-17-12(7-10)8-16/h1-7H,9H2,(H,18,19). The van der Waals surface area contributed by atoms with Gasteiger partial charge in [0.15, 0.2) is 0 Å². The quantitative estimate of drug-likeness (QED) is 0.933. The minimum Gasteiger partial charge on any atom is -0.348 e. The van der Waals surface area contributed by atoms with Gasteiger partial charge in [0.05, 0.1) is 0 Å². The summed E-state index contributed by atoms with van der Waals surface area (Å²) in [6.07, 6.45) is 1.43. The number of halogens is 1. The molecule has 0 aliphatic carbocycles. The van der Waals surface area contributed by atoms with Crippen LogP contribution in [0.4, 0.5) is 0 Å². The normalized spacial score (nSPS) is 9.68. The molecule has 0 aliphatic heterocycles. The van der Waals surface area contributed by atoms with Crippen LogP contribution >= 0.6 is 11.6 Å². The first-order valence-electron chi connectivity index (χ1n) is 5.58. The number of rotatable bonds is 3. The lowest BCUT2D eigenvalue weighted by Crippen LogP contribution is -2.23. The molecule has 0 bridgehead atoms. The highest BCUT2D eigenvalue weighted by Gasteiger charge is 2.07. The summed E-state index contributed by atoms with van der Waals surface area (Å²) in [6, 6.07) is 12.2. The van der Waals surface area contributed by atoms with E-state index < -0.39 is 0 Å². The maximum atomic E-state index is 11.9. The summed E-state index contributed by atoms with van der Waals surface area (Å²) in [4.78, 5) is 15.7. The SMILES string of the molecule is N#Cc1cc(C(=O)NCc2ccccc2Cl)ccn1. The first-order valence-corrected chi connectivity index (χ1v) is 5.96. The van der Waals surface area contributed by atoms with Crippen LogP contribution in [0.5, 0.6) is 0 Å². The van der Waals surface area contributed by atoms with Gasteiger partial charge in [-0.25, -0.2) is 4.98 Å².